The molecule has 1 aromatic carbocycles. The summed E-state index contributed by atoms with van der Waals surface area (Å²) in [7, 11) is -1.64. The number of likely N-dealkylation sites (N-methyl/N-ethyl adjacent to an activating group) is 1. The highest BCUT2D eigenvalue weighted by atomic mass is 32.2. The molecule has 0 unspecified atom stereocenters. The fourth-order valence-electron chi connectivity index (χ4n) is 5.39. The number of aromatic nitrogens is 4. The van der Waals surface area contributed by atoms with Gasteiger partial charge >= 0.3 is 0 Å². The number of nitrogens with zero attached hydrogens (tertiary/aromatic N) is 6. The molecule has 2 aliphatic rings. The van der Waals surface area contributed by atoms with Crippen molar-refractivity contribution in [3.63, 3.8) is 0 Å². The van der Waals surface area contributed by atoms with Gasteiger partial charge in [0.15, 0.2) is 5.75 Å². The summed E-state index contributed by atoms with van der Waals surface area (Å²) in [6.07, 6.45) is 3.76. The van der Waals surface area contributed by atoms with E-state index in [-0.39, 0.29) is 12.1 Å². The lowest BCUT2D eigenvalue weighted by molar-refractivity contribution is 0.258. The van der Waals surface area contributed by atoms with Gasteiger partial charge in [-0.05, 0) is 44.5 Å². The summed E-state index contributed by atoms with van der Waals surface area (Å²) in [5.74, 6) is 2.28. The molecule has 0 amide bonds. The van der Waals surface area contributed by atoms with E-state index in [1.54, 1.807) is 13.2 Å². The van der Waals surface area contributed by atoms with Crippen LogP contribution in [0.5, 0.6) is 5.75 Å². The predicted octanol–water partition coefficient (Wildman–Crippen LogP) is 3.16. The Balaban J connectivity index is 1.53. The van der Waals surface area contributed by atoms with Crippen molar-refractivity contribution in [2.75, 3.05) is 37.9 Å². The van der Waals surface area contributed by atoms with Crippen molar-refractivity contribution in [1.82, 2.24) is 24.0 Å². The van der Waals surface area contributed by atoms with E-state index in [4.69, 9.17) is 14.2 Å². The van der Waals surface area contributed by atoms with Crippen LogP contribution in [0.25, 0.3) is 22.2 Å². The maximum atomic E-state index is 12.2. The van der Waals surface area contributed by atoms with Gasteiger partial charge in [-0.15, -0.1) is 0 Å². The van der Waals surface area contributed by atoms with E-state index >= 15 is 0 Å². The zero-order valence-electron chi connectivity index (χ0n) is 20.7. The minimum Gasteiger partial charge on any atom is -0.488 e. The molecule has 0 saturated carbocycles. The van der Waals surface area contributed by atoms with E-state index in [2.05, 4.69) is 19.6 Å². The van der Waals surface area contributed by atoms with Crippen molar-refractivity contribution in [1.29, 1.82) is 0 Å². The SMILES string of the molecule is Cc1noc(C)c1-c1ccc2nc(N3CC[C@@H](N(C)S(C)(=O)=O)C3)n3c2c1OC[C@@H]3c1ccccn1. The zero-order chi connectivity index (χ0) is 25.2. The van der Waals surface area contributed by atoms with Gasteiger partial charge in [-0.25, -0.2) is 17.7 Å². The van der Waals surface area contributed by atoms with Crippen molar-refractivity contribution in [2.24, 2.45) is 0 Å². The molecule has 4 aromatic rings. The fourth-order valence-corrected chi connectivity index (χ4v) is 6.11. The van der Waals surface area contributed by atoms with Crippen molar-refractivity contribution in [3.05, 3.63) is 53.7 Å². The fraction of sp³-hybridized carbons (Fsp3) is 0.400. The summed E-state index contributed by atoms with van der Waals surface area (Å²) < 4.78 is 39.9. The van der Waals surface area contributed by atoms with Gasteiger partial charge in [-0.3, -0.25) is 9.55 Å². The number of benzene rings is 1. The molecule has 1 fully saturated rings. The van der Waals surface area contributed by atoms with Gasteiger partial charge in [-0.2, -0.15) is 0 Å². The Kier molecular flexibility index (Phi) is 5.31. The molecule has 3 aromatic heterocycles. The van der Waals surface area contributed by atoms with Gasteiger partial charge in [0, 0.05) is 37.9 Å². The number of hydrogen-bond acceptors (Lipinski definition) is 8. The molecular formula is C25H28N6O4S. The van der Waals surface area contributed by atoms with E-state index in [1.807, 2.05) is 44.2 Å². The number of imidazole rings is 1. The van der Waals surface area contributed by atoms with Crippen molar-refractivity contribution >= 4 is 27.0 Å². The van der Waals surface area contributed by atoms with Crippen LogP contribution >= 0.6 is 0 Å². The first kappa shape index (κ1) is 23.0. The first-order valence-electron chi connectivity index (χ1n) is 11.9. The van der Waals surface area contributed by atoms with E-state index in [0.717, 1.165) is 57.4 Å². The topological polar surface area (TPSA) is 107 Å². The Morgan fingerprint density at radius 2 is 2.00 bits per heavy atom. The van der Waals surface area contributed by atoms with Gasteiger partial charge in [0.1, 0.15) is 23.9 Å². The van der Waals surface area contributed by atoms with Crippen LogP contribution in [0.1, 0.15) is 29.6 Å². The molecule has 6 rings (SSSR count). The molecule has 0 N–H and O–H groups in total. The molecule has 5 heterocycles. The van der Waals surface area contributed by atoms with Gasteiger partial charge in [0.2, 0.25) is 16.0 Å². The molecular weight excluding hydrogens is 480 g/mol. The van der Waals surface area contributed by atoms with E-state index in [1.165, 1.54) is 10.6 Å². The number of hydrogen-bond donors (Lipinski definition) is 0. The molecule has 0 aliphatic carbocycles. The van der Waals surface area contributed by atoms with Gasteiger partial charge in [0.05, 0.1) is 28.7 Å². The van der Waals surface area contributed by atoms with Crippen LogP contribution in [0.4, 0.5) is 5.95 Å². The van der Waals surface area contributed by atoms with Crippen LogP contribution in [-0.2, 0) is 10.0 Å². The molecule has 10 nitrogen and oxygen atoms in total. The van der Waals surface area contributed by atoms with E-state index < -0.39 is 10.0 Å². The Hall–Kier alpha value is -3.44. The van der Waals surface area contributed by atoms with Crippen LogP contribution in [-0.4, -0.2) is 71.5 Å². The van der Waals surface area contributed by atoms with Gasteiger partial charge in [0.25, 0.3) is 0 Å². The minimum absolute atomic E-state index is 0.113. The summed E-state index contributed by atoms with van der Waals surface area (Å²) in [6.45, 7) is 5.48. The van der Waals surface area contributed by atoms with Crippen LogP contribution in [0.2, 0.25) is 0 Å². The minimum atomic E-state index is -3.29. The number of anilines is 1. The predicted molar refractivity (Wildman–Crippen MR) is 136 cm³/mol. The Morgan fingerprint density at radius 3 is 2.69 bits per heavy atom. The van der Waals surface area contributed by atoms with Crippen LogP contribution in [0.3, 0.4) is 0 Å². The number of sulfonamides is 1. The molecule has 1 saturated heterocycles. The van der Waals surface area contributed by atoms with Crippen molar-refractivity contribution in [2.45, 2.75) is 32.4 Å². The lowest BCUT2D eigenvalue weighted by Gasteiger charge is -2.30. The largest absolute Gasteiger partial charge is 0.488 e. The van der Waals surface area contributed by atoms with Crippen LogP contribution < -0.4 is 9.64 Å². The molecule has 0 radical (unpaired) electrons. The summed E-state index contributed by atoms with van der Waals surface area (Å²) >= 11 is 0. The summed E-state index contributed by atoms with van der Waals surface area (Å²) in [5, 5.41) is 4.14. The van der Waals surface area contributed by atoms with Gasteiger partial charge < -0.3 is 14.2 Å². The van der Waals surface area contributed by atoms with Crippen LogP contribution in [0.15, 0.2) is 41.1 Å². The molecule has 188 valence electrons. The second kappa shape index (κ2) is 8.31. The highest BCUT2D eigenvalue weighted by molar-refractivity contribution is 7.88. The van der Waals surface area contributed by atoms with Crippen molar-refractivity contribution < 1.29 is 17.7 Å². The second-order valence-electron chi connectivity index (χ2n) is 9.54. The maximum Gasteiger partial charge on any atom is 0.211 e. The van der Waals surface area contributed by atoms with Crippen molar-refractivity contribution in [3.8, 4) is 16.9 Å². The Labute approximate surface area is 209 Å². The monoisotopic (exact) mass is 508 g/mol. The molecule has 0 bridgehead atoms. The zero-order valence-corrected chi connectivity index (χ0v) is 21.5. The summed E-state index contributed by atoms with van der Waals surface area (Å²) in [5.41, 5.74) is 5.24. The molecule has 36 heavy (non-hydrogen) atoms. The third-order valence-electron chi connectivity index (χ3n) is 7.30. The number of rotatable bonds is 5. The quantitative estimate of drug-likeness (QED) is 0.405. The maximum absolute atomic E-state index is 12.2. The molecule has 11 heteroatoms. The standard InChI is InChI=1S/C25H28N6O4S/c1-15-22(16(2)35-28-15)18-8-9-20-23-24(18)34-14-21(19-7-5-6-11-26-19)31(23)25(27-20)30-12-10-17(13-30)29(3)36(4,32)33/h5-9,11,17,21H,10,12-14H2,1-4H3/t17-,21-/m1/s1. The molecule has 2 atom stereocenters. The third-order valence-corrected chi connectivity index (χ3v) is 8.64. The highest BCUT2D eigenvalue weighted by Crippen LogP contribution is 2.46. The van der Waals surface area contributed by atoms with Crippen LogP contribution in [0, 0.1) is 13.8 Å². The first-order chi connectivity index (χ1) is 17.2. The number of aryl methyl sites for hydroxylation is 2. The average molecular weight is 509 g/mol. The average Bonchev–Trinajstić information content (AvgIpc) is 3.58. The highest BCUT2D eigenvalue weighted by Gasteiger charge is 2.37. The lowest BCUT2D eigenvalue weighted by atomic mass is 10.0. The number of ether oxygens (including phenoxy) is 1. The number of pyridine rings is 1. The first-order valence-corrected chi connectivity index (χ1v) is 13.8. The normalized spacial score (nSPS) is 19.9. The third kappa shape index (κ3) is 3.56. The second-order valence-corrected chi connectivity index (χ2v) is 11.6. The summed E-state index contributed by atoms with van der Waals surface area (Å²) in [6, 6.07) is 9.59. The Bertz CT molecular complexity index is 1540. The summed E-state index contributed by atoms with van der Waals surface area (Å²) in [4.78, 5) is 11.8. The Morgan fingerprint density at radius 1 is 1.17 bits per heavy atom. The van der Waals surface area contributed by atoms with E-state index in [0.29, 0.717) is 19.7 Å². The molecule has 0 spiro atoms. The smallest absolute Gasteiger partial charge is 0.211 e. The molecule has 2 aliphatic heterocycles. The lowest BCUT2D eigenvalue weighted by Crippen LogP contribution is -2.39. The van der Waals surface area contributed by atoms with Gasteiger partial charge in [-0.1, -0.05) is 11.2 Å². The van der Waals surface area contributed by atoms with E-state index in [9.17, 15) is 8.42 Å².